The van der Waals surface area contributed by atoms with Crippen molar-refractivity contribution in [3.8, 4) is 0 Å². The molecule has 3 rings (SSSR count). The van der Waals surface area contributed by atoms with Gasteiger partial charge in [-0.1, -0.05) is 67.5 Å². The molecule has 0 atom stereocenters. The number of benzene rings is 2. The summed E-state index contributed by atoms with van der Waals surface area (Å²) in [7, 11) is 7.19. The van der Waals surface area contributed by atoms with Crippen LogP contribution in [0.4, 0.5) is 5.88 Å². The van der Waals surface area contributed by atoms with Gasteiger partial charge in [0, 0.05) is 50.8 Å². The van der Waals surface area contributed by atoms with Crippen molar-refractivity contribution in [3.63, 3.8) is 0 Å². The molecule has 3 aromatic rings. The highest BCUT2D eigenvalue weighted by Gasteiger charge is 2.28. The minimum Gasteiger partial charge on any atom is -0.349 e. The highest BCUT2D eigenvalue weighted by atomic mass is 16.5. The summed E-state index contributed by atoms with van der Waals surface area (Å²) in [6, 6.07) is 18.6. The van der Waals surface area contributed by atoms with E-state index in [1.54, 1.807) is 30.0 Å². The fourth-order valence-corrected chi connectivity index (χ4v) is 3.13. The number of carbonyl (C=O) groups is 1. The summed E-state index contributed by atoms with van der Waals surface area (Å²) in [6.07, 6.45) is 0. The van der Waals surface area contributed by atoms with E-state index < -0.39 is 5.41 Å². The molecule has 0 saturated carbocycles. The highest BCUT2D eigenvalue weighted by Crippen LogP contribution is 2.33. The molecule has 0 aliphatic carbocycles. The first-order valence-corrected chi connectivity index (χ1v) is 10.6. The molecule has 0 aliphatic rings. The zero-order valence-corrected chi connectivity index (χ0v) is 19.9. The van der Waals surface area contributed by atoms with E-state index in [2.05, 4.69) is 15.5 Å². The molecule has 0 aliphatic heterocycles. The van der Waals surface area contributed by atoms with Gasteiger partial charge in [0.25, 0.3) is 5.88 Å². The predicted molar refractivity (Wildman–Crippen MR) is 130 cm³/mol. The average Bonchev–Trinajstić information content (AvgIpc) is 3.28. The second kappa shape index (κ2) is 9.68. The van der Waals surface area contributed by atoms with Crippen molar-refractivity contribution in [2.24, 2.45) is 4.99 Å². The van der Waals surface area contributed by atoms with Gasteiger partial charge in [0.2, 0.25) is 5.96 Å². The van der Waals surface area contributed by atoms with Gasteiger partial charge in [-0.3, -0.25) is 15.5 Å². The number of ketones is 1. The van der Waals surface area contributed by atoms with Crippen LogP contribution in [0.1, 0.15) is 41.0 Å². The Bertz CT molecular complexity index is 1160. The lowest BCUT2D eigenvalue weighted by atomic mass is 9.80. The Morgan fingerprint density at radius 3 is 2.27 bits per heavy atom. The van der Waals surface area contributed by atoms with Crippen molar-refractivity contribution in [2.45, 2.75) is 19.3 Å². The number of hydrogen-bond acceptors (Lipinski definition) is 5. The topological polar surface area (TPSA) is 97.8 Å². The SMILES string of the molecule is CN(C)C(=N)N/C(=N/c1cc(C(C)(C)c2cccc(C(=O)c3ccccc3)c2)no1)N(C)C. The van der Waals surface area contributed by atoms with E-state index in [1.807, 2.05) is 82.5 Å². The van der Waals surface area contributed by atoms with Gasteiger partial charge in [0.05, 0.1) is 5.69 Å². The normalized spacial score (nSPS) is 11.8. The van der Waals surface area contributed by atoms with Crippen molar-refractivity contribution in [3.05, 3.63) is 83.0 Å². The van der Waals surface area contributed by atoms with Gasteiger partial charge in [0.1, 0.15) is 0 Å². The highest BCUT2D eigenvalue weighted by molar-refractivity contribution is 6.09. The van der Waals surface area contributed by atoms with Gasteiger partial charge in [-0.2, -0.15) is 4.99 Å². The molecule has 0 radical (unpaired) electrons. The zero-order chi connectivity index (χ0) is 24.2. The number of rotatable bonds is 5. The molecule has 2 aromatic carbocycles. The quantitative estimate of drug-likeness (QED) is 0.351. The van der Waals surface area contributed by atoms with Gasteiger partial charge in [-0.15, -0.1) is 0 Å². The summed E-state index contributed by atoms with van der Waals surface area (Å²) < 4.78 is 5.49. The minimum absolute atomic E-state index is 0.0243. The number of guanidine groups is 2. The number of aliphatic imine (C=N–C) groups is 1. The van der Waals surface area contributed by atoms with Gasteiger partial charge in [0.15, 0.2) is 11.7 Å². The number of nitrogens with one attached hydrogen (secondary N) is 2. The molecule has 0 unspecified atom stereocenters. The molecular formula is C25H30N6O2. The van der Waals surface area contributed by atoms with Gasteiger partial charge < -0.3 is 14.3 Å². The summed E-state index contributed by atoms with van der Waals surface area (Å²) in [5, 5.41) is 15.2. The van der Waals surface area contributed by atoms with E-state index in [1.165, 1.54) is 0 Å². The molecule has 0 bridgehead atoms. The number of nitrogens with zero attached hydrogens (tertiary/aromatic N) is 4. The van der Waals surface area contributed by atoms with E-state index in [-0.39, 0.29) is 11.7 Å². The van der Waals surface area contributed by atoms with Crippen LogP contribution in [0.2, 0.25) is 0 Å². The Morgan fingerprint density at radius 1 is 0.970 bits per heavy atom. The Hall–Kier alpha value is -3.94. The van der Waals surface area contributed by atoms with Gasteiger partial charge in [-0.25, -0.2) is 0 Å². The first kappa shape index (κ1) is 23.7. The van der Waals surface area contributed by atoms with Crippen LogP contribution in [-0.4, -0.2) is 60.8 Å². The molecular weight excluding hydrogens is 416 g/mol. The number of carbonyl (C=O) groups excluding carboxylic acids is 1. The van der Waals surface area contributed by atoms with E-state index >= 15 is 0 Å². The van der Waals surface area contributed by atoms with E-state index in [9.17, 15) is 4.79 Å². The molecule has 1 aromatic heterocycles. The molecule has 1 heterocycles. The maximum atomic E-state index is 12.9. The van der Waals surface area contributed by atoms with Crippen LogP contribution in [0, 0.1) is 5.41 Å². The summed E-state index contributed by atoms with van der Waals surface area (Å²) >= 11 is 0. The van der Waals surface area contributed by atoms with Crippen LogP contribution in [0.5, 0.6) is 0 Å². The first-order chi connectivity index (χ1) is 15.6. The van der Waals surface area contributed by atoms with Crippen molar-refractivity contribution >= 4 is 23.6 Å². The van der Waals surface area contributed by atoms with Crippen LogP contribution in [-0.2, 0) is 5.41 Å². The molecule has 172 valence electrons. The molecule has 2 N–H and O–H groups in total. The van der Waals surface area contributed by atoms with E-state index in [0.29, 0.717) is 28.7 Å². The van der Waals surface area contributed by atoms with Crippen molar-refractivity contribution in [2.75, 3.05) is 28.2 Å². The summed E-state index contributed by atoms with van der Waals surface area (Å²) in [5.74, 6) is 0.938. The molecule has 0 spiro atoms. The number of aromatic nitrogens is 1. The monoisotopic (exact) mass is 446 g/mol. The van der Waals surface area contributed by atoms with Crippen LogP contribution in [0.3, 0.4) is 0 Å². The second-order valence-corrected chi connectivity index (χ2v) is 8.65. The summed E-state index contributed by atoms with van der Waals surface area (Å²) in [6.45, 7) is 4.05. The Labute approximate surface area is 194 Å². The third kappa shape index (κ3) is 5.46. The lowest BCUT2D eigenvalue weighted by Gasteiger charge is -2.23. The minimum atomic E-state index is -0.522. The average molecular weight is 447 g/mol. The van der Waals surface area contributed by atoms with E-state index in [4.69, 9.17) is 9.93 Å². The summed E-state index contributed by atoms with van der Waals surface area (Å²) in [5.41, 5.74) is 2.37. The van der Waals surface area contributed by atoms with Crippen molar-refractivity contribution in [1.29, 1.82) is 5.41 Å². The van der Waals surface area contributed by atoms with Crippen LogP contribution < -0.4 is 5.32 Å². The smallest absolute Gasteiger partial charge is 0.253 e. The molecule has 0 saturated heterocycles. The zero-order valence-electron chi connectivity index (χ0n) is 19.9. The molecule has 8 nitrogen and oxygen atoms in total. The van der Waals surface area contributed by atoms with Crippen LogP contribution >= 0.6 is 0 Å². The maximum Gasteiger partial charge on any atom is 0.253 e. The fraction of sp³-hybridized carbons (Fsp3) is 0.280. The van der Waals surface area contributed by atoms with Crippen molar-refractivity contribution in [1.82, 2.24) is 20.3 Å². The van der Waals surface area contributed by atoms with Gasteiger partial charge >= 0.3 is 0 Å². The fourth-order valence-electron chi connectivity index (χ4n) is 3.13. The molecule has 8 heteroatoms. The first-order valence-electron chi connectivity index (χ1n) is 10.6. The molecule has 0 fully saturated rings. The predicted octanol–water partition coefficient (Wildman–Crippen LogP) is 3.87. The second-order valence-electron chi connectivity index (χ2n) is 8.65. The maximum absolute atomic E-state index is 12.9. The Balaban J connectivity index is 1.89. The molecule has 0 amide bonds. The molecule has 33 heavy (non-hydrogen) atoms. The third-order valence-corrected chi connectivity index (χ3v) is 5.34. The lowest BCUT2D eigenvalue weighted by Crippen LogP contribution is -2.45. The van der Waals surface area contributed by atoms with Gasteiger partial charge in [-0.05, 0) is 11.6 Å². The van der Waals surface area contributed by atoms with Crippen LogP contribution in [0.15, 0.2) is 70.2 Å². The third-order valence-electron chi connectivity index (χ3n) is 5.34. The standard InChI is InChI=1S/C25H30N6O2/c1-25(2,19-14-10-13-18(15-19)22(32)17-11-8-7-9-12-17)20-16-21(33-29-20)27-24(31(5)6)28-23(26)30(3)4/h7-16H,1-6H3,(H2,26,27,28). The lowest BCUT2D eigenvalue weighted by molar-refractivity contribution is 0.103. The van der Waals surface area contributed by atoms with E-state index in [0.717, 1.165) is 5.56 Å². The van der Waals surface area contributed by atoms with Crippen LogP contribution in [0.25, 0.3) is 0 Å². The largest absolute Gasteiger partial charge is 0.349 e. The number of hydrogen-bond donors (Lipinski definition) is 2. The Kier molecular flexibility index (Phi) is 6.96. The van der Waals surface area contributed by atoms with Crippen molar-refractivity contribution < 1.29 is 9.32 Å². The summed E-state index contributed by atoms with van der Waals surface area (Å²) in [4.78, 5) is 20.8. The Morgan fingerprint density at radius 2 is 1.64 bits per heavy atom.